The molecular weight excluding hydrogens is 296 g/mol. The molecule has 0 aliphatic carbocycles. The Morgan fingerprint density at radius 1 is 1.30 bits per heavy atom. The number of ether oxygens (including phenoxy) is 1. The molecule has 120 valence electrons. The van der Waals surface area contributed by atoms with Crippen molar-refractivity contribution in [1.82, 2.24) is 10.2 Å². The molecule has 1 fully saturated rings. The Labute approximate surface area is 134 Å². The zero-order valence-electron chi connectivity index (χ0n) is 12.9. The van der Waals surface area contributed by atoms with Gasteiger partial charge in [0.25, 0.3) is 0 Å². The van der Waals surface area contributed by atoms with E-state index in [1.54, 1.807) is 12.1 Å². The maximum absolute atomic E-state index is 11.9. The van der Waals surface area contributed by atoms with Gasteiger partial charge in [0.05, 0.1) is 25.8 Å². The van der Waals surface area contributed by atoms with Crippen LogP contribution >= 0.6 is 0 Å². The third kappa shape index (κ3) is 3.43. The van der Waals surface area contributed by atoms with Gasteiger partial charge in [-0.05, 0) is 18.2 Å². The summed E-state index contributed by atoms with van der Waals surface area (Å²) in [6, 6.07) is 10.9. The second-order valence-electron chi connectivity index (χ2n) is 5.36. The molecule has 1 aromatic carbocycles. The molecule has 1 aromatic heterocycles. The van der Waals surface area contributed by atoms with Crippen LogP contribution in [-0.4, -0.2) is 43.5 Å². The molecule has 2 heterocycles. The van der Waals surface area contributed by atoms with Crippen LogP contribution in [0.4, 0.5) is 0 Å². The zero-order valence-corrected chi connectivity index (χ0v) is 12.9. The molecule has 3 rings (SSSR count). The van der Waals surface area contributed by atoms with Gasteiger partial charge in [-0.25, -0.2) is 4.79 Å². The summed E-state index contributed by atoms with van der Waals surface area (Å²) >= 11 is 0. The van der Waals surface area contributed by atoms with Crippen molar-refractivity contribution in [3.8, 4) is 11.3 Å². The van der Waals surface area contributed by atoms with E-state index in [0.717, 1.165) is 12.3 Å². The van der Waals surface area contributed by atoms with E-state index < -0.39 is 5.97 Å². The molecule has 0 bridgehead atoms. The van der Waals surface area contributed by atoms with Crippen LogP contribution in [0.5, 0.6) is 0 Å². The molecule has 1 amide bonds. The summed E-state index contributed by atoms with van der Waals surface area (Å²) in [5, 5.41) is 2.79. The van der Waals surface area contributed by atoms with E-state index in [-0.39, 0.29) is 5.91 Å². The fourth-order valence-electron chi connectivity index (χ4n) is 2.64. The van der Waals surface area contributed by atoms with Gasteiger partial charge in [0, 0.05) is 18.7 Å². The minimum atomic E-state index is -0.397. The van der Waals surface area contributed by atoms with E-state index in [1.165, 1.54) is 7.11 Å². The maximum Gasteiger partial charge on any atom is 0.338 e. The average Bonchev–Trinajstić information content (AvgIpc) is 3.02. The lowest BCUT2D eigenvalue weighted by Crippen LogP contribution is -2.47. The molecule has 0 atom stereocenters. The first-order valence-corrected chi connectivity index (χ1v) is 7.43. The number of carbonyl (C=O) groups excluding carboxylic acids is 2. The van der Waals surface area contributed by atoms with Crippen molar-refractivity contribution in [1.29, 1.82) is 0 Å². The molecule has 0 radical (unpaired) electrons. The molecule has 1 aliphatic heterocycles. The number of piperazine rings is 1. The number of hydrogen-bond acceptors (Lipinski definition) is 5. The molecule has 0 saturated carbocycles. The normalized spacial score (nSPS) is 15.3. The minimum absolute atomic E-state index is 0.0269. The summed E-state index contributed by atoms with van der Waals surface area (Å²) < 4.78 is 10.7. The molecule has 2 aromatic rings. The molecule has 1 N–H and O–H groups in total. The summed E-state index contributed by atoms with van der Waals surface area (Å²) in [4.78, 5) is 25.3. The lowest BCUT2D eigenvalue weighted by molar-refractivity contribution is -0.124. The van der Waals surface area contributed by atoms with Crippen molar-refractivity contribution in [3.05, 3.63) is 47.7 Å². The quantitative estimate of drug-likeness (QED) is 0.869. The number of nitrogens with zero attached hydrogens (tertiary/aromatic N) is 1. The van der Waals surface area contributed by atoms with Gasteiger partial charge in [0.15, 0.2) is 0 Å². The summed E-state index contributed by atoms with van der Waals surface area (Å²) in [7, 11) is 1.36. The van der Waals surface area contributed by atoms with Gasteiger partial charge in [-0.3, -0.25) is 9.69 Å². The molecule has 23 heavy (non-hydrogen) atoms. The van der Waals surface area contributed by atoms with E-state index in [9.17, 15) is 9.59 Å². The Kier molecular flexibility index (Phi) is 4.43. The van der Waals surface area contributed by atoms with Crippen molar-refractivity contribution < 1.29 is 18.7 Å². The first-order valence-electron chi connectivity index (χ1n) is 7.43. The van der Waals surface area contributed by atoms with Crippen LogP contribution in [0.2, 0.25) is 0 Å². The van der Waals surface area contributed by atoms with Gasteiger partial charge in [0.1, 0.15) is 11.5 Å². The van der Waals surface area contributed by atoms with E-state index in [1.807, 2.05) is 29.2 Å². The Bertz CT molecular complexity index is 723. The third-order valence-electron chi connectivity index (χ3n) is 3.76. The van der Waals surface area contributed by atoms with Crippen LogP contribution in [-0.2, 0) is 16.1 Å². The number of nitrogens with one attached hydrogen (secondary N) is 1. The summed E-state index contributed by atoms with van der Waals surface area (Å²) in [6.45, 7) is 2.38. The Hall–Kier alpha value is -2.60. The monoisotopic (exact) mass is 314 g/mol. The van der Waals surface area contributed by atoms with Crippen LogP contribution in [0.3, 0.4) is 0 Å². The minimum Gasteiger partial charge on any atom is -0.465 e. The number of carbonyl (C=O) groups is 2. The summed E-state index contributed by atoms with van der Waals surface area (Å²) in [5.41, 5.74) is 1.16. The van der Waals surface area contributed by atoms with Gasteiger partial charge in [-0.2, -0.15) is 0 Å². The highest BCUT2D eigenvalue weighted by molar-refractivity contribution is 5.96. The molecule has 0 spiro atoms. The molecule has 1 aliphatic rings. The fourth-order valence-corrected chi connectivity index (χ4v) is 2.64. The molecular formula is C17H18N2O4. The van der Waals surface area contributed by atoms with Crippen LogP contribution < -0.4 is 5.32 Å². The molecule has 0 unspecified atom stereocenters. The first-order chi connectivity index (χ1) is 11.2. The second-order valence-corrected chi connectivity index (χ2v) is 5.36. The maximum atomic E-state index is 11.9. The average molecular weight is 314 g/mol. The Balaban J connectivity index is 1.79. The highest BCUT2D eigenvalue weighted by Crippen LogP contribution is 2.27. The number of methoxy groups -OCH3 is 1. The largest absolute Gasteiger partial charge is 0.465 e. The number of esters is 1. The van der Waals surface area contributed by atoms with Gasteiger partial charge >= 0.3 is 5.97 Å². The number of amides is 1. The Morgan fingerprint density at radius 3 is 2.91 bits per heavy atom. The van der Waals surface area contributed by atoms with Gasteiger partial charge < -0.3 is 14.5 Å². The summed E-state index contributed by atoms with van der Waals surface area (Å²) in [5.74, 6) is 1.00. The van der Waals surface area contributed by atoms with E-state index in [0.29, 0.717) is 36.5 Å². The van der Waals surface area contributed by atoms with Gasteiger partial charge in [-0.1, -0.05) is 18.2 Å². The van der Waals surface area contributed by atoms with Crippen LogP contribution in [0.15, 0.2) is 40.8 Å². The number of benzene rings is 1. The van der Waals surface area contributed by atoms with Gasteiger partial charge in [-0.15, -0.1) is 0 Å². The lowest BCUT2D eigenvalue weighted by atomic mass is 10.1. The van der Waals surface area contributed by atoms with Crippen molar-refractivity contribution in [2.24, 2.45) is 0 Å². The predicted molar refractivity (Wildman–Crippen MR) is 83.8 cm³/mol. The predicted octanol–water partition coefficient (Wildman–Crippen LogP) is 1.66. The second kappa shape index (κ2) is 6.66. The Morgan fingerprint density at radius 2 is 2.13 bits per heavy atom. The van der Waals surface area contributed by atoms with E-state index in [4.69, 9.17) is 9.15 Å². The topological polar surface area (TPSA) is 71.8 Å². The van der Waals surface area contributed by atoms with E-state index >= 15 is 0 Å². The lowest BCUT2D eigenvalue weighted by Gasteiger charge is -2.25. The van der Waals surface area contributed by atoms with Crippen LogP contribution in [0, 0.1) is 0 Å². The number of furan rings is 1. The summed E-state index contributed by atoms with van der Waals surface area (Å²) in [6.07, 6.45) is 0. The first kappa shape index (κ1) is 15.3. The number of hydrogen-bond donors (Lipinski definition) is 1. The van der Waals surface area contributed by atoms with Crippen LogP contribution in [0.25, 0.3) is 11.3 Å². The third-order valence-corrected chi connectivity index (χ3v) is 3.76. The standard InChI is InChI=1S/C17H18N2O4/c1-22-17(21)14-5-3-2-4-13(14)15-7-6-12(23-15)10-19-9-8-18-16(20)11-19/h2-7H,8-11H2,1H3,(H,18,20). The smallest absolute Gasteiger partial charge is 0.338 e. The molecule has 1 saturated heterocycles. The SMILES string of the molecule is COC(=O)c1ccccc1-c1ccc(CN2CCNC(=O)C2)o1. The fraction of sp³-hybridized carbons (Fsp3) is 0.294. The van der Waals surface area contributed by atoms with Crippen LogP contribution in [0.1, 0.15) is 16.1 Å². The number of rotatable bonds is 4. The highest BCUT2D eigenvalue weighted by Gasteiger charge is 2.19. The molecule has 6 nitrogen and oxygen atoms in total. The zero-order chi connectivity index (χ0) is 16.2. The van der Waals surface area contributed by atoms with Crippen molar-refractivity contribution in [2.45, 2.75) is 6.54 Å². The highest BCUT2D eigenvalue weighted by atomic mass is 16.5. The van der Waals surface area contributed by atoms with Crippen molar-refractivity contribution in [3.63, 3.8) is 0 Å². The van der Waals surface area contributed by atoms with Crippen molar-refractivity contribution in [2.75, 3.05) is 26.7 Å². The van der Waals surface area contributed by atoms with E-state index in [2.05, 4.69) is 5.32 Å². The van der Waals surface area contributed by atoms with Crippen molar-refractivity contribution >= 4 is 11.9 Å². The van der Waals surface area contributed by atoms with Gasteiger partial charge in [0.2, 0.25) is 5.91 Å². The molecule has 6 heteroatoms.